The highest BCUT2D eigenvalue weighted by Crippen LogP contribution is 2.20. The van der Waals surface area contributed by atoms with E-state index in [4.69, 9.17) is 4.74 Å². The average molecular weight is 313 g/mol. The minimum absolute atomic E-state index is 0.0218. The monoisotopic (exact) mass is 313 g/mol. The number of carbonyl (C=O) groups excluding carboxylic acids is 1. The normalized spacial score (nSPS) is 23.7. The molecule has 1 amide bonds. The molecule has 21 heavy (non-hydrogen) atoms. The van der Waals surface area contributed by atoms with Crippen LogP contribution in [0.5, 0.6) is 0 Å². The van der Waals surface area contributed by atoms with E-state index < -0.39 is 15.6 Å². The molecule has 0 aliphatic carbocycles. The predicted octanol–water partition coefficient (Wildman–Crippen LogP) is -0.252. The predicted molar refractivity (Wildman–Crippen MR) is 76.9 cm³/mol. The fraction of sp³-hybridized carbons (Fsp3) is 0.538. The van der Waals surface area contributed by atoms with Crippen LogP contribution in [0.4, 0.5) is 0 Å². The van der Waals surface area contributed by atoms with Gasteiger partial charge in [-0.15, -0.1) is 0 Å². The van der Waals surface area contributed by atoms with E-state index in [1.807, 2.05) is 0 Å². The molecule has 1 N–H and O–H groups in total. The van der Waals surface area contributed by atoms with Crippen LogP contribution >= 0.6 is 0 Å². The number of hydrogen-bond donors (Lipinski definition) is 1. The van der Waals surface area contributed by atoms with Crippen molar-refractivity contribution in [3.8, 4) is 0 Å². The van der Waals surface area contributed by atoms with Crippen LogP contribution in [-0.2, 0) is 26.1 Å². The molecule has 2 heterocycles. The van der Waals surface area contributed by atoms with Gasteiger partial charge in [-0.3, -0.25) is 9.78 Å². The number of hydrogen-bond acceptors (Lipinski definition) is 5. The third kappa shape index (κ3) is 3.99. The van der Waals surface area contributed by atoms with Crippen molar-refractivity contribution in [1.82, 2.24) is 14.6 Å². The lowest BCUT2D eigenvalue weighted by Gasteiger charge is -2.37. The Morgan fingerprint density at radius 2 is 2.14 bits per heavy atom. The molecule has 0 bridgehead atoms. The third-order valence-electron chi connectivity index (χ3n) is 3.39. The lowest BCUT2D eigenvalue weighted by Crippen LogP contribution is -2.59. The van der Waals surface area contributed by atoms with E-state index in [1.54, 1.807) is 31.5 Å². The summed E-state index contributed by atoms with van der Waals surface area (Å²) in [5.41, 5.74) is -0.258. The first-order valence-electron chi connectivity index (χ1n) is 6.57. The Balaban J connectivity index is 2.00. The van der Waals surface area contributed by atoms with Gasteiger partial charge in [0.25, 0.3) is 5.91 Å². The molecule has 0 saturated carbocycles. The zero-order valence-corrected chi connectivity index (χ0v) is 12.9. The molecule has 7 nitrogen and oxygen atoms in total. The van der Waals surface area contributed by atoms with Crippen LogP contribution in [0.25, 0.3) is 0 Å². The summed E-state index contributed by atoms with van der Waals surface area (Å²) in [6.07, 6.45) is 4.42. The van der Waals surface area contributed by atoms with Gasteiger partial charge in [-0.2, -0.15) is 4.31 Å². The van der Waals surface area contributed by atoms with Crippen LogP contribution in [0.1, 0.15) is 12.5 Å². The summed E-state index contributed by atoms with van der Waals surface area (Å²) in [6.45, 7) is 2.44. The van der Waals surface area contributed by atoms with E-state index in [1.165, 1.54) is 4.31 Å². The van der Waals surface area contributed by atoms with Crippen molar-refractivity contribution in [2.75, 3.05) is 26.0 Å². The lowest BCUT2D eigenvalue weighted by molar-refractivity contribution is -0.152. The summed E-state index contributed by atoms with van der Waals surface area (Å²) in [6, 6.07) is 3.60. The molecule has 1 aliphatic heterocycles. The van der Waals surface area contributed by atoms with E-state index >= 15 is 0 Å². The molecule has 1 saturated heterocycles. The molecule has 1 atom stereocenters. The van der Waals surface area contributed by atoms with Crippen LogP contribution < -0.4 is 5.32 Å². The minimum atomic E-state index is -3.33. The van der Waals surface area contributed by atoms with Crippen molar-refractivity contribution in [1.29, 1.82) is 0 Å². The van der Waals surface area contributed by atoms with E-state index in [-0.39, 0.29) is 25.6 Å². The molecule has 116 valence electrons. The number of pyridine rings is 1. The minimum Gasteiger partial charge on any atom is -0.363 e. The zero-order chi connectivity index (χ0) is 15.5. The van der Waals surface area contributed by atoms with Gasteiger partial charge in [0, 0.05) is 25.5 Å². The van der Waals surface area contributed by atoms with Crippen LogP contribution in [0, 0.1) is 0 Å². The first-order valence-corrected chi connectivity index (χ1v) is 8.42. The molecule has 0 spiro atoms. The smallest absolute Gasteiger partial charge is 0.253 e. The van der Waals surface area contributed by atoms with Crippen molar-refractivity contribution in [3.05, 3.63) is 30.1 Å². The van der Waals surface area contributed by atoms with E-state index in [0.717, 1.165) is 11.8 Å². The van der Waals surface area contributed by atoms with Crippen molar-refractivity contribution < 1.29 is 17.9 Å². The molecule has 1 aliphatic rings. The van der Waals surface area contributed by atoms with Crippen molar-refractivity contribution in [3.63, 3.8) is 0 Å². The van der Waals surface area contributed by atoms with Gasteiger partial charge >= 0.3 is 0 Å². The fourth-order valence-electron chi connectivity index (χ4n) is 2.12. The Labute approximate surface area is 124 Å². The standard InChI is InChI=1S/C13H19N3O4S/c1-13(10-16(7-8-20-13)21(2,18)19)12(17)15-9-11-3-5-14-6-4-11/h3-6H,7-10H2,1-2H3,(H,15,17)/t13-/m0/s1. The Hall–Kier alpha value is -1.51. The molecular weight excluding hydrogens is 294 g/mol. The summed E-state index contributed by atoms with van der Waals surface area (Å²) < 4.78 is 30.0. The van der Waals surface area contributed by atoms with E-state index in [2.05, 4.69) is 10.3 Å². The molecule has 1 aromatic rings. The van der Waals surface area contributed by atoms with Crippen LogP contribution in [0.3, 0.4) is 0 Å². The molecule has 0 radical (unpaired) electrons. The van der Waals surface area contributed by atoms with Crippen LogP contribution in [0.2, 0.25) is 0 Å². The molecule has 1 fully saturated rings. The summed E-state index contributed by atoms with van der Waals surface area (Å²) >= 11 is 0. The second-order valence-electron chi connectivity index (χ2n) is 5.21. The Kier molecular flexibility index (Phi) is 4.60. The highest BCUT2D eigenvalue weighted by atomic mass is 32.2. The maximum absolute atomic E-state index is 12.3. The molecular formula is C13H19N3O4S. The maximum atomic E-state index is 12.3. The van der Waals surface area contributed by atoms with Crippen molar-refractivity contribution in [2.24, 2.45) is 0 Å². The number of morpholine rings is 1. The summed E-state index contributed by atoms with van der Waals surface area (Å²) in [4.78, 5) is 16.2. The van der Waals surface area contributed by atoms with E-state index in [9.17, 15) is 13.2 Å². The molecule has 0 unspecified atom stereocenters. The van der Waals surface area contributed by atoms with Gasteiger partial charge in [-0.25, -0.2) is 8.42 Å². The van der Waals surface area contributed by atoms with E-state index in [0.29, 0.717) is 6.54 Å². The second-order valence-corrected chi connectivity index (χ2v) is 7.20. The number of nitrogens with zero attached hydrogens (tertiary/aromatic N) is 2. The molecule has 0 aromatic carbocycles. The Morgan fingerprint density at radius 3 is 2.76 bits per heavy atom. The number of aromatic nitrogens is 1. The number of nitrogens with one attached hydrogen (secondary N) is 1. The topological polar surface area (TPSA) is 88.6 Å². The van der Waals surface area contributed by atoms with Crippen LogP contribution in [-0.4, -0.2) is 55.2 Å². The largest absolute Gasteiger partial charge is 0.363 e. The number of carbonyl (C=O) groups is 1. The van der Waals surface area contributed by atoms with Gasteiger partial charge < -0.3 is 10.1 Å². The van der Waals surface area contributed by atoms with Crippen molar-refractivity contribution >= 4 is 15.9 Å². The number of ether oxygens (including phenoxy) is 1. The van der Waals surface area contributed by atoms with Gasteiger partial charge in [-0.05, 0) is 24.6 Å². The second kappa shape index (κ2) is 6.08. The Bertz CT molecular complexity index is 605. The first-order chi connectivity index (χ1) is 9.81. The summed E-state index contributed by atoms with van der Waals surface area (Å²) in [5.74, 6) is -0.326. The number of rotatable bonds is 4. The highest BCUT2D eigenvalue weighted by Gasteiger charge is 2.41. The fourth-order valence-corrected chi connectivity index (χ4v) is 3.01. The van der Waals surface area contributed by atoms with Gasteiger partial charge in [0.15, 0.2) is 5.60 Å². The van der Waals surface area contributed by atoms with Gasteiger partial charge in [-0.1, -0.05) is 0 Å². The quantitative estimate of drug-likeness (QED) is 0.828. The average Bonchev–Trinajstić information content (AvgIpc) is 2.45. The van der Waals surface area contributed by atoms with Crippen molar-refractivity contribution in [2.45, 2.75) is 19.1 Å². The highest BCUT2D eigenvalue weighted by molar-refractivity contribution is 7.88. The van der Waals surface area contributed by atoms with Gasteiger partial charge in [0.2, 0.25) is 10.0 Å². The molecule has 2 rings (SSSR count). The first kappa shape index (κ1) is 15.9. The van der Waals surface area contributed by atoms with Crippen LogP contribution in [0.15, 0.2) is 24.5 Å². The maximum Gasteiger partial charge on any atom is 0.253 e. The lowest BCUT2D eigenvalue weighted by atomic mass is 10.0. The Morgan fingerprint density at radius 1 is 1.48 bits per heavy atom. The number of amides is 1. The molecule has 8 heteroatoms. The summed E-state index contributed by atoms with van der Waals surface area (Å²) in [7, 11) is -3.33. The molecule has 1 aromatic heterocycles. The summed E-state index contributed by atoms with van der Waals surface area (Å²) in [5, 5.41) is 2.77. The van der Waals surface area contributed by atoms with Gasteiger partial charge in [0.1, 0.15) is 0 Å². The van der Waals surface area contributed by atoms with Gasteiger partial charge in [0.05, 0.1) is 19.4 Å². The third-order valence-corrected chi connectivity index (χ3v) is 4.64. The zero-order valence-electron chi connectivity index (χ0n) is 12.1. The SMILES string of the molecule is C[C@@]1(C(=O)NCc2ccncc2)CN(S(C)(=O)=O)CCO1. The number of sulfonamides is 1.